The first-order valence-corrected chi connectivity index (χ1v) is 8.50. The van der Waals surface area contributed by atoms with E-state index in [1.165, 1.54) is 12.1 Å². The van der Waals surface area contributed by atoms with E-state index in [1.807, 2.05) is 12.3 Å². The molecule has 6 heteroatoms. The van der Waals surface area contributed by atoms with Gasteiger partial charge in [-0.3, -0.25) is 9.69 Å². The third-order valence-electron chi connectivity index (χ3n) is 5.18. The Labute approximate surface area is 140 Å². The van der Waals surface area contributed by atoms with Crippen molar-refractivity contribution >= 4 is 5.91 Å². The molecule has 2 aliphatic heterocycles. The smallest absolute Gasteiger partial charge is 0.240 e. The van der Waals surface area contributed by atoms with E-state index in [0.717, 1.165) is 44.3 Å². The molecule has 1 atom stereocenters. The quantitative estimate of drug-likeness (QED) is 0.940. The molecule has 5 nitrogen and oxygen atoms in total. The Hall–Kier alpha value is -2.21. The monoisotopic (exact) mass is 328 g/mol. The summed E-state index contributed by atoms with van der Waals surface area (Å²) in [6.07, 6.45) is 7.66. The van der Waals surface area contributed by atoms with Crippen molar-refractivity contribution in [2.45, 2.75) is 37.8 Å². The van der Waals surface area contributed by atoms with Crippen LogP contribution in [0.3, 0.4) is 0 Å². The maximum absolute atomic E-state index is 13.4. The van der Waals surface area contributed by atoms with Crippen molar-refractivity contribution in [3.8, 4) is 5.69 Å². The fourth-order valence-electron chi connectivity index (χ4n) is 3.99. The zero-order valence-electron chi connectivity index (χ0n) is 13.5. The number of halogens is 1. The highest BCUT2D eigenvalue weighted by Gasteiger charge is 2.48. The standard InChI is InChI=1S/C18H21FN4O/c19-15-4-1-5-16(10-15)23-13-14(11-21-23)12-22-9-3-7-18(22)6-2-8-20-17(18)24/h1,4-5,10-11,13H,2-3,6-9,12H2,(H,20,24). The van der Waals surface area contributed by atoms with Gasteiger partial charge in [0.1, 0.15) is 11.4 Å². The molecule has 1 amide bonds. The number of rotatable bonds is 3. The maximum atomic E-state index is 13.4. The summed E-state index contributed by atoms with van der Waals surface area (Å²) in [5.41, 5.74) is 1.39. The predicted molar refractivity (Wildman–Crippen MR) is 88.1 cm³/mol. The molecule has 4 rings (SSSR count). The van der Waals surface area contributed by atoms with Crippen LogP contribution in [0.2, 0.25) is 0 Å². The minimum Gasteiger partial charge on any atom is -0.354 e. The van der Waals surface area contributed by atoms with Gasteiger partial charge in [-0.15, -0.1) is 0 Å². The van der Waals surface area contributed by atoms with E-state index >= 15 is 0 Å². The van der Waals surface area contributed by atoms with E-state index in [9.17, 15) is 9.18 Å². The zero-order valence-corrected chi connectivity index (χ0v) is 13.5. The second kappa shape index (κ2) is 6.02. The summed E-state index contributed by atoms with van der Waals surface area (Å²) in [4.78, 5) is 14.8. The minimum absolute atomic E-state index is 0.170. The molecule has 1 unspecified atom stereocenters. The van der Waals surface area contributed by atoms with Gasteiger partial charge in [0.15, 0.2) is 0 Å². The molecule has 0 radical (unpaired) electrons. The topological polar surface area (TPSA) is 50.2 Å². The first-order chi connectivity index (χ1) is 11.7. The van der Waals surface area contributed by atoms with Crippen molar-refractivity contribution in [3.63, 3.8) is 0 Å². The van der Waals surface area contributed by atoms with Gasteiger partial charge in [0.05, 0.1) is 11.9 Å². The van der Waals surface area contributed by atoms with Crippen molar-refractivity contribution in [2.75, 3.05) is 13.1 Å². The Morgan fingerprint density at radius 1 is 1.29 bits per heavy atom. The Morgan fingerprint density at radius 3 is 3.00 bits per heavy atom. The predicted octanol–water partition coefficient (Wildman–Crippen LogP) is 2.26. The van der Waals surface area contributed by atoms with Gasteiger partial charge in [-0.25, -0.2) is 9.07 Å². The third-order valence-corrected chi connectivity index (χ3v) is 5.18. The highest BCUT2D eigenvalue weighted by Crippen LogP contribution is 2.36. The summed E-state index contributed by atoms with van der Waals surface area (Å²) in [5, 5.41) is 7.37. The molecule has 2 aliphatic rings. The number of likely N-dealkylation sites (tertiary alicyclic amines) is 1. The van der Waals surface area contributed by atoms with Gasteiger partial charge in [-0.1, -0.05) is 6.07 Å². The molecular formula is C18H21FN4O. The molecule has 1 spiro atoms. The van der Waals surface area contributed by atoms with Crippen LogP contribution < -0.4 is 5.32 Å². The van der Waals surface area contributed by atoms with Crippen molar-refractivity contribution < 1.29 is 9.18 Å². The molecule has 3 heterocycles. The van der Waals surface area contributed by atoms with Crippen LogP contribution in [0.5, 0.6) is 0 Å². The summed E-state index contributed by atoms with van der Waals surface area (Å²) in [6, 6.07) is 6.38. The number of nitrogens with zero attached hydrogens (tertiary/aromatic N) is 3. The highest BCUT2D eigenvalue weighted by atomic mass is 19.1. The molecule has 1 aromatic carbocycles. The SMILES string of the molecule is O=C1NCCCC12CCCN2Cc1cnn(-c2cccc(F)c2)c1. The Balaban J connectivity index is 1.54. The molecule has 0 bridgehead atoms. The lowest BCUT2D eigenvalue weighted by molar-refractivity contribution is -0.134. The minimum atomic E-state index is -0.348. The van der Waals surface area contributed by atoms with Gasteiger partial charge in [0, 0.05) is 24.8 Å². The summed E-state index contributed by atoms with van der Waals surface area (Å²) in [7, 11) is 0. The van der Waals surface area contributed by atoms with E-state index in [1.54, 1.807) is 16.9 Å². The van der Waals surface area contributed by atoms with Crippen LogP contribution in [-0.2, 0) is 11.3 Å². The van der Waals surface area contributed by atoms with E-state index < -0.39 is 0 Å². The molecule has 2 aromatic rings. The highest BCUT2D eigenvalue weighted by molar-refractivity contribution is 5.87. The fourth-order valence-corrected chi connectivity index (χ4v) is 3.99. The van der Waals surface area contributed by atoms with Crippen LogP contribution in [0.15, 0.2) is 36.7 Å². The number of hydrogen-bond acceptors (Lipinski definition) is 3. The van der Waals surface area contributed by atoms with Crippen molar-refractivity contribution in [1.82, 2.24) is 20.0 Å². The molecule has 0 aliphatic carbocycles. The van der Waals surface area contributed by atoms with Crippen molar-refractivity contribution in [1.29, 1.82) is 0 Å². The van der Waals surface area contributed by atoms with Crippen molar-refractivity contribution in [2.24, 2.45) is 0 Å². The summed E-state index contributed by atoms with van der Waals surface area (Å²) in [6.45, 7) is 2.41. The van der Waals surface area contributed by atoms with Gasteiger partial charge in [-0.2, -0.15) is 5.10 Å². The number of aromatic nitrogens is 2. The number of hydrogen-bond donors (Lipinski definition) is 1. The lowest BCUT2D eigenvalue weighted by Gasteiger charge is -2.40. The Bertz CT molecular complexity index is 759. The van der Waals surface area contributed by atoms with Gasteiger partial charge in [-0.05, 0) is 50.4 Å². The normalized spacial score (nSPS) is 24.5. The number of amides is 1. The van der Waals surface area contributed by atoms with Crippen molar-refractivity contribution in [3.05, 3.63) is 48.0 Å². The Kier molecular flexibility index (Phi) is 3.84. The lowest BCUT2D eigenvalue weighted by Crippen LogP contribution is -2.58. The summed E-state index contributed by atoms with van der Waals surface area (Å²) in [5.74, 6) is -0.106. The number of piperidine rings is 1. The summed E-state index contributed by atoms with van der Waals surface area (Å²) < 4.78 is 15.1. The molecule has 1 aromatic heterocycles. The van der Waals surface area contributed by atoms with Gasteiger partial charge in [0.2, 0.25) is 5.91 Å². The van der Waals surface area contributed by atoms with Crippen LogP contribution in [0, 0.1) is 5.82 Å². The number of benzene rings is 1. The molecule has 1 N–H and O–H groups in total. The molecule has 24 heavy (non-hydrogen) atoms. The van der Waals surface area contributed by atoms with Gasteiger partial charge < -0.3 is 5.32 Å². The fraction of sp³-hybridized carbons (Fsp3) is 0.444. The average Bonchev–Trinajstić information content (AvgIpc) is 3.19. The second-order valence-electron chi connectivity index (χ2n) is 6.69. The first kappa shape index (κ1) is 15.3. The maximum Gasteiger partial charge on any atom is 0.240 e. The van der Waals surface area contributed by atoms with E-state index in [-0.39, 0.29) is 17.3 Å². The molecule has 2 fully saturated rings. The molecule has 0 saturated carbocycles. The number of carbonyl (C=O) groups excluding carboxylic acids is 1. The molecule has 2 saturated heterocycles. The van der Waals surface area contributed by atoms with E-state index in [4.69, 9.17) is 0 Å². The molecular weight excluding hydrogens is 307 g/mol. The van der Waals surface area contributed by atoms with Gasteiger partial charge in [0.25, 0.3) is 0 Å². The van der Waals surface area contributed by atoms with E-state index in [2.05, 4.69) is 15.3 Å². The second-order valence-corrected chi connectivity index (χ2v) is 6.69. The van der Waals surface area contributed by atoms with Crippen LogP contribution in [0.25, 0.3) is 5.69 Å². The number of nitrogens with one attached hydrogen (secondary N) is 1. The average molecular weight is 328 g/mol. The number of carbonyl (C=O) groups is 1. The van der Waals surface area contributed by atoms with Crippen LogP contribution in [-0.4, -0.2) is 39.2 Å². The van der Waals surface area contributed by atoms with E-state index in [0.29, 0.717) is 12.2 Å². The van der Waals surface area contributed by atoms with Crippen LogP contribution in [0.4, 0.5) is 4.39 Å². The first-order valence-electron chi connectivity index (χ1n) is 8.50. The zero-order chi connectivity index (χ0) is 16.6. The van der Waals surface area contributed by atoms with Crippen LogP contribution >= 0.6 is 0 Å². The lowest BCUT2D eigenvalue weighted by atomic mass is 9.86. The summed E-state index contributed by atoms with van der Waals surface area (Å²) >= 11 is 0. The largest absolute Gasteiger partial charge is 0.354 e. The Morgan fingerprint density at radius 2 is 2.17 bits per heavy atom. The van der Waals surface area contributed by atoms with Gasteiger partial charge >= 0.3 is 0 Å². The molecule has 126 valence electrons. The van der Waals surface area contributed by atoms with Crippen LogP contribution in [0.1, 0.15) is 31.2 Å². The third kappa shape index (κ3) is 2.60.